The van der Waals surface area contributed by atoms with Crippen LogP contribution in [-0.2, 0) is 9.47 Å². The topological polar surface area (TPSA) is 92.4 Å². The van der Waals surface area contributed by atoms with Gasteiger partial charge in [-0.05, 0) is 37.8 Å². The zero-order valence-electron chi connectivity index (χ0n) is 23.4. The molecule has 2 unspecified atom stereocenters. The first-order valence-electron chi connectivity index (χ1n) is 13.7. The van der Waals surface area contributed by atoms with E-state index in [1.54, 1.807) is 11.1 Å². The molecule has 0 aromatic carbocycles. The van der Waals surface area contributed by atoms with Gasteiger partial charge in [-0.2, -0.15) is 9.61 Å². The van der Waals surface area contributed by atoms with E-state index in [9.17, 15) is 9.90 Å². The summed E-state index contributed by atoms with van der Waals surface area (Å²) < 4.78 is 14.2. The Bertz CT molecular complexity index is 1030. The Hall–Kier alpha value is -1.96. The SMILES string of the molecule is C[Si](C)(C)CCOCN(COCC[Si](C)(C)C)c1cc(C2CC3CCC(C2)N3C(=O)O)nc2ccnn12. The minimum absolute atomic E-state index is 0.0820. The van der Waals surface area contributed by atoms with Crippen molar-refractivity contribution in [2.45, 2.75) is 95.1 Å². The summed E-state index contributed by atoms with van der Waals surface area (Å²) in [6.07, 6.45) is 4.51. The van der Waals surface area contributed by atoms with E-state index in [0.29, 0.717) is 13.5 Å². The molecule has 11 heteroatoms. The summed E-state index contributed by atoms with van der Waals surface area (Å²) in [4.78, 5) is 20.6. The summed E-state index contributed by atoms with van der Waals surface area (Å²) in [5.41, 5.74) is 1.81. The molecule has 2 saturated heterocycles. The molecule has 0 aliphatic carbocycles. The molecule has 1 N–H and O–H groups in total. The zero-order valence-corrected chi connectivity index (χ0v) is 25.4. The maximum absolute atomic E-state index is 11.8. The van der Waals surface area contributed by atoms with Gasteiger partial charge in [-0.3, -0.25) is 0 Å². The molecule has 2 fully saturated rings. The summed E-state index contributed by atoms with van der Waals surface area (Å²) >= 11 is 0. The van der Waals surface area contributed by atoms with E-state index >= 15 is 0 Å². The van der Waals surface area contributed by atoms with Crippen molar-refractivity contribution in [1.82, 2.24) is 19.5 Å². The van der Waals surface area contributed by atoms with E-state index in [1.807, 2.05) is 10.6 Å². The molecule has 0 radical (unpaired) electrons. The predicted octanol–water partition coefficient (Wildman–Crippen LogP) is 5.55. The number of carboxylic acid groups (broad SMARTS) is 1. The maximum atomic E-state index is 11.8. The van der Waals surface area contributed by atoms with Gasteiger partial charge >= 0.3 is 6.09 Å². The van der Waals surface area contributed by atoms with Gasteiger partial charge in [0.15, 0.2) is 5.65 Å². The predicted molar refractivity (Wildman–Crippen MR) is 152 cm³/mol. The number of hydrogen-bond acceptors (Lipinski definition) is 6. The van der Waals surface area contributed by atoms with E-state index < -0.39 is 22.2 Å². The van der Waals surface area contributed by atoms with Crippen molar-refractivity contribution in [3.8, 4) is 0 Å². The molecule has 1 amide bonds. The largest absolute Gasteiger partial charge is 0.465 e. The molecule has 2 atom stereocenters. The van der Waals surface area contributed by atoms with Crippen molar-refractivity contribution < 1.29 is 19.4 Å². The Morgan fingerprint density at radius 1 is 1.03 bits per heavy atom. The molecule has 2 aliphatic rings. The molecule has 2 bridgehead atoms. The summed E-state index contributed by atoms with van der Waals surface area (Å²) in [5.74, 6) is 1.15. The lowest BCUT2D eigenvalue weighted by Gasteiger charge is -2.37. The van der Waals surface area contributed by atoms with E-state index in [1.165, 1.54) is 0 Å². The highest BCUT2D eigenvalue weighted by Gasteiger charge is 2.44. The number of hydrogen-bond donors (Lipinski definition) is 1. The van der Waals surface area contributed by atoms with Gasteiger partial charge in [0.05, 0.1) is 6.20 Å². The fourth-order valence-electron chi connectivity index (χ4n) is 5.36. The number of ether oxygens (including phenoxy) is 2. The van der Waals surface area contributed by atoms with Gasteiger partial charge in [0.25, 0.3) is 0 Å². The van der Waals surface area contributed by atoms with Crippen molar-refractivity contribution in [2.24, 2.45) is 0 Å². The number of carbonyl (C=O) groups is 1. The molecule has 4 rings (SSSR count). The summed E-state index contributed by atoms with van der Waals surface area (Å²) in [5, 5.41) is 14.2. The van der Waals surface area contributed by atoms with Crippen LogP contribution in [0.2, 0.25) is 51.4 Å². The Morgan fingerprint density at radius 2 is 1.59 bits per heavy atom. The number of amides is 1. The van der Waals surface area contributed by atoms with Gasteiger partial charge in [-0.25, -0.2) is 9.78 Å². The fraction of sp³-hybridized carbons (Fsp3) is 0.731. The first-order chi connectivity index (χ1) is 17.4. The Labute approximate surface area is 223 Å². The van der Waals surface area contributed by atoms with Crippen LogP contribution in [0.25, 0.3) is 5.65 Å². The van der Waals surface area contributed by atoms with Crippen LogP contribution >= 0.6 is 0 Å². The van der Waals surface area contributed by atoms with E-state index in [-0.39, 0.29) is 18.0 Å². The second-order valence-electron chi connectivity index (χ2n) is 13.1. The van der Waals surface area contributed by atoms with Gasteiger partial charge in [0.1, 0.15) is 19.3 Å². The lowest BCUT2D eigenvalue weighted by atomic mass is 9.88. The van der Waals surface area contributed by atoms with Gasteiger partial charge in [-0.1, -0.05) is 39.3 Å². The molecule has 2 aliphatic heterocycles. The number of nitrogens with zero attached hydrogens (tertiary/aromatic N) is 5. The molecular formula is C26H45N5O4Si2. The smallest absolute Gasteiger partial charge is 0.407 e. The van der Waals surface area contributed by atoms with Crippen LogP contribution in [-0.4, -0.2) is 85.6 Å². The Balaban J connectivity index is 1.55. The molecule has 2 aromatic rings. The van der Waals surface area contributed by atoms with E-state index in [2.05, 4.69) is 55.3 Å². The normalized spacial score (nSPS) is 22.1. The van der Waals surface area contributed by atoms with Crippen LogP contribution in [0.5, 0.6) is 0 Å². The van der Waals surface area contributed by atoms with E-state index in [0.717, 1.165) is 68.1 Å². The summed E-state index contributed by atoms with van der Waals surface area (Å²) in [6, 6.07) is 6.45. The zero-order chi connectivity index (χ0) is 26.8. The molecule has 9 nitrogen and oxygen atoms in total. The van der Waals surface area contributed by atoms with E-state index in [4.69, 9.17) is 14.5 Å². The highest BCUT2D eigenvalue weighted by atomic mass is 28.3. The number of aromatic nitrogens is 3. The first-order valence-corrected chi connectivity index (χ1v) is 21.1. The lowest BCUT2D eigenvalue weighted by Crippen LogP contribution is -2.45. The van der Waals surface area contributed by atoms with Crippen LogP contribution in [0.1, 0.15) is 37.3 Å². The summed E-state index contributed by atoms with van der Waals surface area (Å²) in [6.45, 7) is 16.5. The molecule has 4 heterocycles. The van der Waals surface area contributed by atoms with Crippen molar-refractivity contribution in [3.63, 3.8) is 0 Å². The molecular weight excluding hydrogens is 502 g/mol. The van der Waals surface area contributed by atoms with Crippen LogP contribution in [0.4, 0.5) is 10.6 Å². The highest BCUT2D eigenvalue weighted by Crippen LogP contribution is 2.43. The second-order valence-corrected chi connectivity index (χ2v) is 24.4. The van der Waals surface area contributed by atoms with Crippen molar-refractivity contribution in [2.75, 3.05) is 31.6 Å². The molecule has 0 spiro atoms. The molecule has 37 heavy (non-hydrogen) atoms. The van der Waals surface area contributed by atoms with Gasteiger partial charge in [0, 0.05) is 65.2 Å². The van der Waals surface area contributed by atoms with Gasteiger partial charge in [-0.15, -0.1) is 0 Å². The molecule has 206 valence electrons. The van der Waals surface area contributed by atoms with Crippen LogP contribution in [0.15, 0.2) is 18.3 Å². The lowest BCUT2D eigenvalue weighted by molar-refractivity contribution is 0.0934. The Kier molecular flexibility index (Phi) is 8.66. The van der Waals surface area contributed by atoms with Crippen molar-refractivity contribution in [1.29, 1.82) is 0 Å². The average Bonchev–Trinajstić information content (AvgIpc) is 3.38. The number of piperidine rings is 1. The van der Waals surface area contributed by atoms with Crippen LogP contribution in [0.3, 0.4) is 0 Å². The van der Waals surface area contributed by atoms with Crippen LogP contribution in [0, 0.1) is 0 Å². The number of rotatable bonds is 12. The number of fused-ring (bicyclic) bond motifs is 3. The highest BCUT2D eigenvalue weighted by molar-refractivity contribution is 6.76. The van der Waals surface area contributed by atoms with Crippen molar-refractivity contribution in [3.05, 3.63) is 24.0 Å². The molecule has 0 saturated carbocycles. The first kappa shape index (κ1) is 28.1. The number of anilines is 1. The quantitative estimate of drug-likeness (QED) is 0.212. The third-order valence-corrected chi connectivity index (χ3v) is 11.0. The fourth-order valence-corrected chi connectivity index (χ4v) is 6.87. The average molecular weight is 548 g/mol. The Morgan fingerprint density at radius 3 is 2.11 bits per heavy atom. The second kappa shape index (κ2) is 11.4. The molecule has 2 aromatic heterocycles. The summed E-state index contributed by atoms with van der Waals surface area (Å²) in [7, 11) is -2.38. The van der Waals surface area contributed by atoms with Crippen molar-refractivity contribution >= 4 is 33.7 Å². The minimum atomic E-state index is -1.19. The van der Waals surface area contributed by atoms with Crippen LogP contribution < -0.4 is 4.90 Å². The monoisotopic (exact) mass is 547 g/mol. The minimum Gasteiger partial charge on any atom is -0.465 e. The van der Waals surface area contributed by atoms with Gasteiger partial charge < -0.3 is 24.4 Å². The third-order valence-electron chi connectivity index (χ3n) is 7.54. The van der Waals surface area contributed by atoms with Gasteiger partial charge in [0.2, 0.25) is 0 Å². The third kappa shape index (κ3) is 7.33. The maximum Gasteiger partial charge on any atom is 0.407 e. The standard InChI is InChI=1S/C26H45N5O4Si2/c1-36(2,3)13-11-34-18-29(19-35-12-14-37(4,5)6)25-17-23(28-24-9-10-27-31(24)25)20-15-21-7-8-22(16-20)30(21)26(32)33/h9-10,17,20-22H,7-8,11-16,18-19H2,1-6H3,(H,32,33).